The molecule has 0 radical (unpaired) electrons. The molecular formula is C15H25N3O2. The summed E-state index contributed by atoms with van der Waals surface area (Å²) in [5.41, 5.74) is 0.995. The number of aliphatic hydroxyl groups excluding tert-OH is 1. The highest BCUT2D eigenvalue weighted by Crippen LogP contribution is 1.99. The van der Waals surface area contributed by atoms with E-state index in [4.69, 9.17) is 4.42 Å². The van der Waals surface area contributed by atoms with E-state index in [0.717, 1.165) is 30.7 Å². The molecule has 0 aliphatic carbocycles. The molecule has 1 atom stereocenters. The van der Waals surface area contributed by atoms with Gasteiger partial charge in [-0.2, -0.15) is 0 Å². The highest BCUT2D eigenvalue weighted by molar-refractivity contribution is 5.80. The van der Waals surface area contributed by atoms with E-state index in [1.54, 1.807) is 6.26 Å². The smallest absolute Gasteiger partial charge is 0.191 e. The Bertz CT molecular complexity index is 409. The molecule has 0 saturated heterocycles. The van der Waals surface area contributed by atoms with Crippen LogP contribution in [-0.4, -0.2) is 36.8 Å². The highest BCUT2D eigenvalue weighted by Gasteiger charge is 2.07. The zero-order valence-corrected chi connectivity index (χ0v) is 12.4. The number of nitrogens with one attached hydrogen (secondary N) is 2. The zero-order chi connectivity index (χ0) is 14.8. The first-order chi connectivity index (χ1) is 9.65. The predicted molar refractivity (Wildman–Crippen MR) is 81.8 cm³/mol. The summed E-state index contributed by atoms with van der Waals surface area (Å²) in [7, 11) is 0. The third-order valence-corrected chi connectivity index (χ3v) is 2.81. The number of rotatable bonds is 8. The van der Waals surface area contributed by atoms with Crippen molar-refractivity contribution in [3.05, 3.63) is 36.3 Å². The summed E-state index contributed by atoms with van der Waals surface area (Å²) >= 11 is 0. The highest BCUT2D eigenvalue weighted by atomic mass is 16.3. The lowest BCUT2D eigenvalue weighted by Crippen LogP contribution is -2.45. The number of furan rings is 1. The Morgan fingerprint density at radius 3 is 2.90 bits per heavy atom. The lowest BCUT2D eigenvalue weighted by molar-refractivity contribution is 0.251. The van der Waals surface area contributed by atoms with E-state index in [1.807, 2.05) is 26.0 Å². The summed E-state index contributed by atoms with van der Waals surface area (Å²) in [6.45, 7) is 9.17. The topological polar surface area (TPSA) is 69.8 Å². The van der Waals surface area contributed by atoms with Crippen LogP contribution in [0, 0.1) is 0 Å². The third kappa shape index (κ3) is 6.43. The van der Waals surface area contributed by atoms with E-state index < -0.39 is 0 Å². The monoisotopic (exact) mass is 279 g/mol. The van der Waals surface area contributed by atoms with Crippen molar-refractivity contribution in [1.82, 2.24) is 10.6 Å². The van der Waals surface area contributed by atoms with E-state index in [2.05, 4.69) is 22.2 Å². The Kier molecular flexibility index (Phi) is 7.50. The van der Waals surface area contributed by atoms with Crippen LogP contribution in [0.3, 0.4) is 0 Å². The molecule has 0 amide bonds. The van der Waals surface area contributed by atoms with Crippen LogP contribution < -0.4 is 10.6 Å². The fourth-order valence-corrected chi connectivity index (χ4v) is 1.60. The zero-order valence-electron chi connectivity index (χ0n) is 12.4. The fraction of sp³-hybridized carbons (Fsp3) is 0.533. The molecule has 1 aromatic rings. The number of guanidine groups is 1. The van der Waals surface area contributed by atoms with Crippen LogP contribution in [0.1, 0.15) is 26.0 Å². The van der Waals surface area contributed by atoms with Crippen molar-refractivity contribution in [2.45, 2.75) is 32.7 Å². The van der Waals surface area contributed by atoms with Gasteiger partial charge < -0.3 is 20.2 Å². The molecule has 1 heterocycles. The molecule has 20 heavy (non-hydrogen) atoms. The second kappa shape index (κ2) is 9.20. The second-order valence-electron chi connectivity index (χ2n) is 4.81. The SMILES string of the molecule is C=C(C)CN=C(NCCc1ccco1)N[C@H](CC)CO. The minimum atomic E-state index is 0.00924. The number of hydrogen-bond acceptors (Lipinski definition) is 3. The molecule has 1 aromatic heterocycles. The van der Waals surface area contributed by atoms with Gasteiger partial charge >= 0.3 is 0 Å². The molecular weight excluding hydrogens is 254 g/mol. The molecule has 0 spiro atoms. The van der Waals surface area contributed by atoms with Crippen LogP contribution in [0.15, 0.2) is 40.0 Å². The molecule has 5 heteroatoms. The minimum absolute atomic E-state index is 0.00924. The van der Waals surface area contributed by atoms with Crippen LogP contribution in [0.25, 0.3) is 0 Å². The van der Waals surface area contributed by atoms with E-state index >= 15 is 0 Å². The van der Waals surface area contributed by atoms with E-state index in [0.29, 0.717) is 12.5 Å². The Morgan fingerprint density at radius 2 is 2.35 bits per heavy atom. The average molecular weight is 279 g/mol. The molecule has 0 saturated carbocycles. The average Bonchev–Trinajstić information content (AvgIpc) is 2.94. The summed E-state index contributed by atoms with van der Waals surface area (Å²) in [6.07, 6.45) is 3.29. The Balaban J connectivity index is 2.48. The quantitative estimate of drug-likeness (QED) is 0.385. The molecule has 5 nitrogen and oxygen atoms in total. The van der Waals surface area contributed by atoms with Crippen LogP contribution in [0.4, 0.5) is 0 Å². The molecule has 0 aliphatic heterocycles. The molecule has 0 fully saturated rings. The summed E-state index contributed by atoms with van der Waals surface area (Å²) in [5.74, 6) is 1.63. The fourth-order valence-electron chi connectivity index (χ4n) is 1.60. The molecule has 0 aromatic carbocycles. The van der Waals surface area contributed by atoms with Gasteiger partial charge in [0.1, 0.15) is 5.76 Å². The first-order valence-electron chi connectivity index (χ1n) is 6.98. The van der Waals surface area contributed by atoms with Crippen molar-refractivity contribution in [1.29, 1.82) is 0 Å². The third-order valence-electron chi connectivity index (χ3n) is 2.81. The Morgan fingerprint density at radius 1 is 1.55 bits per heavy atom. The van der Waals surface area contributed by atoms with E-state index in [9.17, 15) is 5.11 Å². The number of aliphatic hydroxyl groups is 1. The molecule has 0 unspecified atom stereocenters. The first kappa shape index (κ1) is 16.3. The molecule has 1 rings (SSSR count). The van der Waals surface area contributed by atoms with Crippen LogP contribution in [0.2, 0.25) is 0 Å². The summed E-state index contributed by atoms with van der Waals surface area (Å²) < 4.78 is 5.28. The molecule has 112 valence electrons. The van der Waals surface area contributed by atoms with Crippen molar-refractivity contribution in [2.75, 3.05) is 19.7 Å². The van der Waals surface area contributed by atoms with Crippen LogP contribution in [-0.2, 0) is 6.42 Å². The maximum atomic E-state index is 9.25. The van der Waals surface area contributed by atoms with Crippen molar-refractivity contribution in [3.63, 3.8) is 0 Å². The first-order valence-corrected chi connectivity index (χ1v) is 6.98. The summed E-state index contributed by atoms with van der Waals surface area (Å²) in [4.78, 5) is 4.43. The Labute approximate surface area is 120 Å². The maximum absolute atomic E-state index is 9.25. The summed E-state index contributed by atoms with van der Waals surface area (Å²) in [6, 6.07) is 3.83. The van der Waals surface area contributed by atoms with Gasteiger partial charge in [0, 0.05) is 13.0 Å². The number of hydrogen-bond donors (Lipinski definition) is 3. The molecule has 0 aliphatic rings. The second-order valence-corrected chi connectivity index (χ2v) is 4.81. The van der Waals surface area contributed by atoms with Gasteiger partial charge in [-0.1, -0.05) is 19.1 Å². The minimum Gasteiger partial charge on any atom is -0.469 e. The van der Waals surface area contributed by atoms with Gasteiger partial charge in [0.15, 0.2) is 5.96 Å². The lowest BCUT2D eigenvalue weighted by Gasteiger charge is -2.18. The van der Waals surface area contributed by atoms with Gasteiger partial charge in [0.25, 0.3) is 0 Å². The van der Waals surface area contributed by atoms with Gasteiger partial charge in [0.2, 0.25) is 0 Å². The van der Waals surface area contributed by atoms with Crippen LogP contribution >= 0.6 is 0 Å². The van der Waals surface area contributed by atoms with E-state index in [1.165, 1.54) is 0 Å². The van der Waals surface area contributed by atoms with E-state index in [-0.39, 0.29) is 12.6 Å². The number of aliphatic imine (C=N–C) groups is 1. The van der Waals surface area contributed by atoms with Crippen molar-refractivity contribution in [2.24, 2.45) is 4.99 Å². The number of nitrogens with zero attached hydrogens (tertiary/aromatic N) is 1. The lowest BCUT2D eigenvalue weighted by atomic mass is 10.2. The van der Waals surface area contributed by atoms with Crippen molar-refractivity contribution < 1.29 is 9.52 Å². The predicted octanol–water partition coefficient (Wildman–Crippen LogP) is 1.70. The van der Waals surface area contributed by atoms with Gasteiger partial charge in [-0.05, 0) is 25.5 Å². The van der Waals surface area contributed by atoms with Crippen molar-refractivity contribution >= 4 is 5.96 Å². The van der Waals surface area contributed by atoms with Crippen LogP contribution in [0.5, 0.6) is 0 Å². The van der Waals surface area contributed by atoms with Gasteiger partial charge in [0.05, 0.1) is 25.5 Å². The Hall–Kier alpha value is -1.75. The largest absolute Gasteiger partial charge is 0.469 e. The summed E-state index contributed by atoms with van der Waals surface area (Å²) in [5, 5.41) is 15.7. The standard InChI is InChI=1S/C15H25N3O2/c1-4-13(11-19)18-15(17-10-12(2)3)16-8-7-14-6-5-9-20-14/h5-6,9,13,19H,2,4,7-8,10-11H2,1,3H3,(H2,16,17,18)/t13-/m1/s1. The maximum Gasteiger partial charge on any atom is 0.191 e. The normalized spacial score (nSPS) is 13.1. The molecule has 3 N–H and O–H groups in total. The van der Waals surface area contributed by atoms with Gasteiger partial charge in [-0.15, -0.1) is 0 Å². The van der Waals surface area contributed by atoms with Crippen molar-refractivity contribution in [3.8, 4) is 0 Å². The molecule has 0 bridgehead atoms. The van der Waals surface area contributed by atoms with Gasteiger partial charge in [-0.25, -0.2) is 4.99 Å². The van der Waals surface area contributed by atoms with Gasteiger partial charge in [-0.3, -0.25) is 0 Å².